The van der Waals surface area contributed by atoms with Crippen molar-refractivity contribution in [2.75, 3.05) is 13.2 Å². The van der Waals surface area contributed by atoms with Crippen LogP contribution in [-0.2, 0) is 78.4 Å². The number of aryl methyl sites for hydroxylation is 1. The first-order valence-electron chi connectivity index (χ1n) is 23.1. The van der Waals surface area contributed by atoms with Crippen molar-refractivity contribution < 1.29 is 86.1 Å². The molecule has 0 aromatic carbocycles. The van der Waals surface area contributed by atoms with Crippen LogP contribution in [0.1, 0.15) is 115 Å². The van der Waals surface area contributed by atoms with Gasteiger partial charge in [-0.25, -0.2) is 9.59 Å². The summed E-state index contributed by atoms with van der Waals surface area (Å²) in [5, 5.41) is 14.0. The molecule has 0 radical (unpaired) electrons. The molecule has 0 unspecified atom stereocenters. The molecule has 1 N–H and O–H groups in total. The monoisotopic (exact) mass is 982 g/mol. The number of carbonyl (C=O) groups is 8. The van der Waals surface area contributed by atoms with E-state index in [2.05, 4.69) is 4.98 Å². The van der Waals surface area contributed by atoms with Crippen molar-refractivity contribution in [2.24, 2.45) is 42.1 Å². The van der Waals surface area contributed by atoms with Crippen LogP contribution < -0.4 is 5.56 Å². The molecule has 2 aromatic rings. The van der Waals surface area contributed by atoms with Crippen LogP contribution in [0.25, 0.3) is 0 Å². The first-order valence-corrected chi connectivity index (χ1v) is 23.1. The van der Waals surface area contributed by atoms with Crippen LogP contribution in [0.2, 0.25) is 0 Å². The topological polar surface area (TPSA) is 275 Å². The van der Waals surface area contributed by atoms with E-state index in [0.717, 1.165) is 43.7 Å². The molecular formula is C49H62N2O19. The van der Waals surface area contributed by atoms with Gasteiger partial charge in [-0.2, -0.15) is 0 Å². The van der Waals surface area contributed by atoms with Gasteiger partial charge in [-0.3, -0.25) is 38.5 Å². The maximum atomic E-state index is 14.9. The third-order valence-electron chi connectivity index (χ3n) is 14.0. The average Bonchev–Trinajstić information content (AvgIpc) is 3.50. The number of aromatic nitrogens is 2. The van der Waals surface area contributed by atoms with Gasteiger partial charge < -0.3 is 52.3 Å². The Bertz CT molecular complexity index is 2500. The number of esters is 8. The SMILES string of the molecule is CC(=O)O[C@@H]1[C@H]2[C@@H](OC(=O)C(C)C)[C@@H](OC(=O)C(C)C)[C@]3(COC(=O)C(C)C)[C@@H](OC(C)=O)[C@@H](OC(=O)c4ccc(=O)n(C)c4)[C@@H]4OC(=O)[C@@H](C)[C@H](C)c5ccncc5C(=O)OC[C@]2(C)O[C@]13[C@@]4(C)O. The molecule has 4 bridgehead atoms. The van der Waals surface area contributed by atoms with Crippen molar-refractivity contribution in [3.8, 4) is 0 Å². The molecule has 3 fully saturated rings. The molecule has 382 valence electrons. The van der Waals surface area contributed by atoms with Crippen LogP contribution in [0.4, 0.5) is 0 Å². The van der Waals surface area contributed by atoms with Gasteiger partial charge in [-0.15, -0.1) is 0 Å². The molecule has 1 saturated heterocycles. The van der Waals surface area contributed by atoms with E-state index in [1.165, 1.54) is 80.9 Å². The summed E-state index contributed by atoms with van der Waals surface area (Å²) in [5.74, 6) is -14.7. The number of fused-ring (bicyclic) bond motifs is 5. The largest absolute Gasteiger partial charge is 0.464 e. The van der Waals surface area contributed by atoms with E-state index in [1.807, 2.05) is 0 Å². The lowest BCUT2D eigenvalue weighted by atomic mass is 9.45. The van der Waals surface area contributed by atoms with Crippen LogP contribution in [-0.4, -0.2) is 129 Å². The van der Waals surface area contributed by atoms with Gasteiger partial charge in [0, 0.05) is 45.6 Å². The number of pyridine rings is 2. The number of cyclic esters (lactones) is 1. The summed E-state index contributed by atoms with van der Waals surface area (Å²) in [6.45, 7) is 14.5. The van der Waals surface area contributed by atoms with Crippen LogP contribution in [0.3, 0.4) is 0 Å². The van der Waals surface area contributed by atoms with E-state index in [0.29, 0.717) is 0 Å². The molecule has 1 spiro atoms. The molecule has 4 heterocycles. The van der Waals surface area contributed by atoms with Gasteiger partial charge in [0.25, 0.3) is 0 Å². The molecule has 21 nitrogen and oxygen atoms in total. The Hall–Kier alpha value is -6.22. The van der Waals surface area contributed by atoms with Crippen LogP contribution in [0.5, 0.6) is 0 Å². The highest BCUT2D eigenvalue weighted by atomic mass is 16.7. The normalized spacial score (nSPS) is 33.5. The predicted molar refractivity (Wildman–Crippen MR) is 238 cm³/mol. The fraction of sp³-hybridized carbons (Fsp3) is 0.633. The smallest absolute Gasteiger partial charge is 0.340 e. The van der Waals surface area contributed by atoms with Crippen LogP contribution >= 0.6 is 0 Å². The van der Waals surface area contributed by atoms with E-state index in [1.54, 1.807) is 6.92 Å². The van der Waals surface area contributed by atoms with Crippen LogP contribution in [0.15, 0.2) is 41.6 Å². The molecule has 0 amide bonds. The van der Waals surface area contributed by atoms with Crippen molar-refractivity contribution in [1.29, 1.82) is 0 Å². The Kier molecular flexibility index (Phi) is 14.8. The van der Waals surface area contributed by atoms with Gasteiger partial charge >= 0.3 is 47.8 Å². The number of nitrogens with zero attached hydrogens (tertiary/aromatic N) is 2. The Morgan fingerprint density at radius 3 is 1.96 bits per heavy atom. The fourth-order valence-electron chi connectivity index (χ4n) is 10.3. The average molecular weight is 983 g/mol. The second kappa shape index (κ2) is 19.5. The van der Waals surface area contributed by atoms with E-state index < -0.39 is 161 Å². The number of ether oxygens (including phenoxy) is 9. The summed E-state index contributed by atoms with van der Waals surface area (Å²) in [6, 6.07) is 3.70. The predicted octanol–water partition coefficient (Wildman–Crippen LogP) is 2.93. The molecular weight excluding hydrogens is 921 g/mol. The minimum absolute atomic E-state index is 0.0707. The van der Waals surface area contributed by atoms with E-state index in [-0.39, 0.29) is 16.7 Å². The minimum atomic E-state index is -2.96. The third-order valence-corrected chi connectivity index (χ3v) is 14.0. The molecule has 2 saturated carbocycles. The summed E-state index contributed by atoms with van der Waals surface area (Å²) in [5.41, 5.74) is -11.3. The molecule has 2 aromatic heterocycles. The van der Waals surface area contributed by atoms with E-state index in [9.17, 15) is 48.3 Å². The van der Waals surface area contributed by atoms with Gasteiger partial charge in [-0.1, -0.05) is 55.4 Å². The van der Waals surface area contributed by atoms with Gasteiger partial charge in [0.2, 0.25) is 5.56 Å². The standard InChI is InChI=1S/C49H62N2O19/c1-22(2)40(55)63-21-48-38(69-42(57)24(5)6)34(66-41(56)23(3)4)33-36(64-27(9)52)49(48)47(12,61)37(35(39(48)65-28(10)53)67-44(59)29-14-15-32(54)51(13)19-29)68-43(58)26(8)25(7)30-16-17-50-18-31(30)45(60)62-20-46(33,11)70-49/h14-19,22-26,33-39,61H,20-21H2,1-13H3/t25-,26-,33+,34+,35-,36+,37-,38+,39-,46-,47-,48+,49-/m0/s1. The molecule has 2 aliphatic carbocycles. The maximum Gasteiger partial charge on any atom is 0.340 e. The Balaban J connectivity index is 1.84. The zero-order valence-electron chi connectivity index (χ0n) is 41.5. The lowest BCUT2D eigenvalue weighted by molar-refractivity contribution is -0.386. The number of hydrogen-bond donors (Lipinski definition) is 1. The van der Waals surface area contributed by atoms with Crippen molar-refractivity contribution in [1.82, 2.24) is 9.55 Å². The second-order valence-corrected chi connectivity index (χ2v) is 20.0. The Morgan fingerprint density at radius 2 is 1.37 bits per heavy atom. The first kappa shape index (κ1) is 53.1. The van der Waals surface area contributed by atoms with Gasteiger partial charge in [0.15, 0.2) is 30.0 Å². The fourth-order valence-corrected chi connectivity index (χ4v) is 10.3. The highest BCUT2D eigenvalue weighted by Gasteiger charge is 2.92. The molecule has 2 aliphatic heterocycles. The molecule has 13 atom stereocenters. The number of aliphatic hydroxyl groups is 1. The zero-order valence-corrected chi connectivity index (χ0v) is 41.5. The minimum Gasteiger partial charge on any atom is -0.464 e. The summed E-state index contributed by atoms with van der Waals surface area (Å²) in [4.78, 5) is 130. The number of hydrogen-bond acceptors (Lipinski definition) is 20. The van der Waals surface area contributed by atoms with Crippen LogP contribution in [0, 0.1) is 35.0 Å². The van der Waals surface area contributed by atoms with Gasteiger partial charge in [0.1, 0.15) is 42.0 Å². The Morgan fingerprint density at radius 1 is 0.786 bits per heavy atom. The molecule has 70 heavy (non-hydrogen) atoms. The third kappa shape index (κ3) is 8.94. The van der Waals surface area contributed by atoms with Gasteiger partial charge in [-0.05, 0) is 37.5 Å². The zero-order chi connectivity index (χ0) is 52.2. The first-order chi connectivity index (χ1) is 32.6. The van der Waals surface area contributed by atoms with E-state index >= 15 is 0 Å². The van der Waals surface area contributed by atoms with Crippen molar-refractivity contribution in [3.63, 3.8) is 0 Å². The lowest BCUT2D eigenvalue weighted by Crippen LogP contribution is -2.89. The molecule has 6 rings (SSSR count). The highest BCUT2D eigenvalue weighted by molar-refractivity contribution is 5.91. The summed E-state index contributed by atoms with van der Waals surface area (Å²) in [7, 11) is 1.36. The quantitative estimate of drug-likeness (QED) is 0.250. The summed E-state index contributed by atoms with van der Waals surface area (Å²) >= 11 is 0. The second-order valence-electron chi connectivity index (χ2n) is 20.0. The number of carbonyl (C=O) groups excluding carboxylic acids is 8. The molecule has 21 heteroatoms. The van der Waals surface area contributed by atoms with Gasteiger partial charge in [0.05, 0.1) is 40.7 Å². The number of rotatable bonds is 11. The molecule has 4 aliphatic rings. The van der Waals surface area contributed by atoms with Crippen molar-refractivity contribution in [3.05, 3.63) is 63.8 Å². The Labute approximate surface area is 404 Å². The summed E-state index contributed by atoms with van der Waals surface area (Å²) < 4.78 is 58.4. The van der Waals surface area contributed by atoms with Crippen molar-refractivity contribution in [2.45, 2.75) is 142 Å². The maximum absolute atomic E-state index is 14.9. The van der Waals surface area contributed by atoms with Crippen molar-refractivity contribution >= 4 is 47.8 Å². The lowest BCUT2D eigenvalue weighted by Gasteiger charge is -2.67. The summed E-state index contributed by atoms with van der Waals surface area (Å²) in [6.07, 6.45) is -8.98. The highest BCUT2D eigenvalue weighted by Crippen LogP contribution is 2.70. The van der Waals surface area contributed by atoms with E-state index in [4.69, 9.17) is 42.6 Å².